The first-order chi connectivity index (χ1) is 9.60. The standard InChI is InChI=1S/C15H10ClNO3/c16-12-6-9(3-4-14(12)18)8-1-2-10-7-13(17-20)15(19)11(10)5-8/h1-6,18,20H,7H2/b17-13-. The number of rotatable bonds is 1. The van der Waals surface area contributed by atoms with Crippen LogP contribution in [-0.2, 0) is 6.42 Å². The minimum atomic E-state index is -0.255. The van der Waals surface area contributed by atoms with E-state index in [1.807, 2.05) is 12.1 Å². The van der Waals surface area contributed by atoms with E-state index >= 15 is 0 Å². The monoisotopic (exact) mass is 287 g/mol. The SMILES string of the molecule is O=C1/C(=N\O)Cc2ccc(-c3ccc(O)c(Cl)c3)cc21. The van der Waals surface area contributed by atoms with Crippen molar-refractivity contribution in [1.82, 2.24) is 0 Å². The van der Waals surface area contributed by atoms with Gasteiger partial charge in [-0.2, -0.15) is 0 Å². The number of oxime groups is 1. The van der Waals surface area contributed by atoms with Gasteiger partial charge in [-0.25, -0.2) is 0 Å². The van der Waals surface area contributed by atoms with Crippen LogP contribution in [0.25, 0.3) is 11.1 Å². The van der Waals surface area contributed by atoms with E-state index < -0.39 is 0 Å². The highest BCUT2D eigenvalue weighted by Gasteiger charge is 2.27. The van der Waals surface area contributed by atoms with Crippen molar-refractivity contribution in [2.24, 2.45) is 5.16 Å². The second-order valence-corrected chi connectivity index (χ2v) is 5.00. The number of carbonyl (C=O) groups is 1. The van der Waals surface area contributed by atoms with Crippen molar-refractivity contribution in [2.45, 2.75) is 6.42 Å². The highest BCUT2D eigenvalue weighted by Crippen LogP contribution is 2.31. The van der Waals surface area contributed by atoms with Gasteiger partial charge >= 0.3 is 0 Å². The number of ketones is 1. The summed E-state index contributed by atoms with van der Waals surface area (Å²) in [6.07, 6.45) is 0.348. The molecule has 2 N–H and O–H groups in total. The maximum Gasteiger partial charge on any atom is 0.211 e. The lowest BCUT2D eigenvalue weighted by molar-refractivity contribution is 0.106. The minimum Gasteiger partial charge on any atom is -0.506 e. The van der Waals surface area contributed by atoms with Crippen LogP contribution >= 0.6 is 11.6 Å². The normalized spacial score (nSPS) is 15.7. The van der Waals surface area contributed by atoms with Crippen LogP contribution in [0.4, 0.5) is 0 Å². The van der Waals surface area contributed by atoms with Crippen LogP contribution < -0.4 is 0 Å². The molecule has 0 saturated heterocycles. The quantitative estimate of drug-likeness (QED) is 0.624. The molecule has 0 amide bonds. The van der Waals surface area contributed by atoms with Gasteiger partial charge in [-0.05, 0) is 34.9 Å². The number of phenols is 1. The molecule has 0 aromatic heterocycles. The lowest BCUT2D eigenvalue weighted by atomic mass is 10.0. The van der Waals surface area contributed by atoms with Gasteiger partial charge < -0.3 is 10.3 Å². The second kappa shape index (κ2) is 4.65. The van der Waals surface area contributed by atoms with Crippen LogP contribution in [0.3, 0.4) is 0 Å². The Morgan fingerprint density at radius 2 is 1.80 bits per heavy atom. The van der Waals surface area contributed by atoms with Crippen molar-refractivity contribution in [3.63, 3.8) is 0 Å². The first-order valence-electron chi connectivity index (χ1n) is 5.97. The Morgan fingerprint density at radius 1 is 1.10 bits per heavy atom. The molecule has 1 aliphatic rings. The van der Waals surface area contributed by atoms with Crippen LogP contribution in [0.2, 0.25) is 5.02 Å². The van der Waals surface area contributed by atoms with Crippen molar-refractivity contribution in [3.8, 4) is 16.9 Å². The summed E-state index contributed by atoms with van der Waals surface area (Å²) in [6.45, 7) is 0. The molecule has 0 spiro atoms. The zero-order chi connectivity index (χ0) is 14.3. The van der Waals surface area contributed by atoms with Crippen LogP contribution in [0.15, 0.2) is 41.6 Å². The van der Waals surface area contributed by atoms with Gasteiger partial charge in [-0.15, -0.1) is 0 Å². The Morgan fingerprint density at radius 3 is 2.50 bits per heavy atom. The summed E-state index contributed by atoms with van der Waals surface area (Å²) < 4.78 is 0. The Hall–Kier alpha value is -2.33. The molecular weight excluding hydrogens is 278 g/mol. The van der Waals surface area contributed by atoms with E-state index in [-0.39, 0.29) is 22.3 Å². The molecular formula is C15H10ClNO3. The number of hydrogen-bond donors (Lipinski definition) is 2. The van der Waals surface area contributed by atoms with Crippen LogP contribution in [0.5, 0.6) is 5.75 Å². The molecule has 3 rings (SSSR count). The summed E-state index contributed by atoms with van der Waals surface area (Å²) in [5, 5.41) is 21.5. The number of benzene rings is 2. The fourth-order valence-corrected chi connectivity index (χ4v) is 2.49. The highest BCUT2D eigenvalue weighted by atomic mass is 35.5. The van der Waals surface area contributed by atoms with E-state index in [1.165, 1.54) is 6.07 Å². The third kappa shape index (κ3) is 1.94. The molecule has 0 heterocycles. The fraction of sp³-hybridized carbons (Fsp3) is 0.0667. The first kappa shape index (κ1) is 12.7. The Kier molecular flexibility index (Phi) is 2.95. The summed E-state index contributed by atoms with van der Waals surface area (Å²) >= 11 is 5.89. The number of hydrogen-bond acceptors (Lipinski definition) is 4. The molecule has 1 aliphatic carbocycles. The summed E-state index contributed by atoms with van der Waals surface area (Å²) in [5.41, 5.74) is 3.16. The first-order valence-corrected chi connectivity index (χ1v) is 6.35. The molecule has 2 aromatic carbocycles. The predicted molar refractivity (Wildman–Crippen MR) is 75.8 cm³/mol. The van der Waals surface area contributed by atoms with Gasteiger partial charge in [0.2, 0.25) is 5.78 Å². The largest absolute Gasteiger partial charge is 0.506 e. The third-order valence-corrected chi connectivity index (χ3v) is 3.68. The van der Waals surface area contributed by atoms with E-state index in [9.17, 15) is 9.90 Å². The average Bonchev–Trinajstić information content (AvgIpc) is 2.78. The average molecular weight is 288 g/mol. The predicted octanol–water partition coefficient (Wildman–Crippen LogP) is 3.28. The van der Waals surface area contributed by atoms with Crippen molar-refractivity contribution in [1.29, 1.82) is 0 Å². The van der Waals surface area contributed by atoms with E-state index in [0.717, 1.165) is 16.7 Å². The number of phenolic OH excluding ortho intramolecular Hbond substituents is 1. The Labute approximate surface area is 119 Å². The van der Waals surface area contributed by atoms with Crippen molar-refractivity contribution < 1.29 is 15.1 Å². The van der Waals surface area contributed by atoms with Gasteiger partial charge in [-0.1, -0.05) is 35.0 Å². The zero-order valence-corrected chi connectivity index (χ0v) is 11.1. The van der Waals surface area contributed by atoms with Gasteiger partial charge in [0.05, 0.1) is 5.02 Å². The highest BCUT2D eigenvalue weighted by molar-refractivity contribution is 6.49. The van der Waals surface area contributed by atoms with E-state index in [0.29, 0.717) is 12.0 Å². The molecule has 100 valence electrons. The molecule has 0 bridgehead atoms. The van der Waals surface area contributed by atoms with Crippen LogP contribution in [0.1, 0.15) is 15.9 Å². The topological polar surface area (TPSA) is 69.9 Å². The van der Waals surface area contributed by atoms with Crippen molar-refractivity contribution in [3.05, 3.63) is 52.5 Å². The lowest BCUT2D eigenvalue weighted by Gasteiger charge is -2.05. The second-order valence-electron chi connectivity index (χ2n) is 4.59. The number of Topliss-reactive ketones (excluding diaryl/α,β-unsaturated/α-hetero) is 1. The molecule has 0 saturated carbocycles. The molecule has 0 aliphatic heterocycles. The number of nitrogens with zero attached hydrogens (tertiary/aromatic N) is 1. The maximum absolute atomic E-state index is 12.0. The van der Waals surface area contributed by atoms with Gasteiger partial charge in [0.1, 0.15) is 11.5 Å². The van der Waals surface area contributed by atoms with E-state index in [4.69, 9.17) is 16.8 Å². The minimum absolute atomic E-state index is 0.0161. The van der Waals surface area contributed by atoms with Crippen LogP contribution in [-0.4, -0.2) is 21.8 Å². The summed E-state index contributed by atoms with van der Waals surface area (Å²) in [7, 11) is 0. The smallest absolute Gasteiger partial charge is 0.211 e. The summed E-state index contributed by atoms with van der Waals surface area (Å²) in [6, 6.07) is 10.3. The van der Waals surface area contributed by atoms with Gasteiger partial charge in [0, 0.05) is 12.0 Å². The van der Waals surface area contributed by atoms with E-state index in [1.54, 1.807) is 18.2 Å². The van der Waals surface area contributed by atoms with E-state index in [2.05, 4.69) is 5.16 Å². The maximum atomic E-state index is 12.0. The third-order valence-electron chi connectivity index (χ3n) is 3.38. The zero-order valence-electron chi connectivity index (χ0n) is 10.3. The van der Waals surface area contributed by atoms with Crippen LogP contribution in [0, 0.1) is 0 Å². The Balaban J connectivity index is 2.08. The van der Waals surface area contributed by atoms with Gasteiger partial charge in [-0.3, -0.25) is 4.79 Å². The summed E-state index contributed by atoms with van der Waals surface area (Å²) in [5.74, 6) is -0.239. The fourth-order valence-electron chi connectivity index (χ4n) is 2.30. The summed E-state index contributed by atoms with van der Waals surface area (Å²) in [4.78, 5) is 12.0. The number of carbonyl (C=O) groups excluding carboxylic acids is 1. The molecule has 0 radical (unpaired) electrons. The molecule has 0 unspecified atom stereocenters. The van der Waals surface area contributed by atoms with Gasteiger partial charge in [0.25, 0.3) is 0 Å². The van der Waals surface area contributed by atoms with Gasteiger partial charge in [0.15, 0.2) is 0 Å². The number of fused-ring (bicyclic) bond motifs is 1. The molecule has 20 heavy (non-hydrogen) atoms. The lowest BCUT2D eigenvalue weighted by Crippen LogP contribution is -2.06. The molecule has 2 aromatic rings. The van der Waals surface area contributed by atoms with Crippen molar-refractivity contribution >= 4 is 23.1 Å². The number of aromatic hydroxyl groups is 1. The molecule has 0 fully saturated rings. The Bertz CT molecular complexity index is 753. The molecule has 5 heteroatoms. The molecule has 4 nitrogen and oxygen atoms in total. The molecule has 0 atom stereocenters. The van der Waals surface area contributed by atoms with Crippen molar-refractivity contribution in [2.75, 3.05) is 0 Å². The number of halogens is 1.